The van der Waals surface area contributed by atoms with E-state index < -0.39 is 20.6 Å². The van der Waals surface area contributed by atoms with Crippen LogP contribution >= 0.6 is 0 Å². The van der Waals surface area contributed by atoms with Gasteiger partial charge in [0.15, 0.2) is 14.6 Å². The number of aryl methyl sites for hydroxylation is 2. The maximum Gasteiger partial charge on any atom is 0.324 e. The molecule has 1 aromatic heterocycles. The molecule has 0 aliphatic rings. The molecule has 0 spiro atoms. The number of carbonyl (C=O) groups is 1. The number of rotatable bonds is 5. The van der Waals surface area contributed by atoms with Crippen molar-refractivity contribution in [3.8, 4) is 0 Å². The molecule has 0 unspecified atom stereocenters. The van der Waals surface area contributed by atoms with Crippen LogP contribution in [-0.4, -0.2) is 35.1 Å². The Kier molecular flexibility index (Phi) is 4.19. The first-order valence-corrected chi connectivity index (χ1v) is 7.57. The van der Waals surface area contributed by atoms with Crippen molar-refractivity contribution in [2.75, 3.05) is 6.26 Å². The Morgan fingerprint density at radius 2 is 2.05 bits per heavy atom. The van der Waals surface area contributed by atoms with Gasteiger partial charge in [-0.2, -0.15) is 0 Å². The largest absolute Gasteiger partial charge is 0.480 e. The molecule has 106 valence electrons. The first kappa shape index (κ1) is 15.4. The number of nitrogens with zero attached hydrogens (tertiary/aromatic N) is 1. The van der Waals surface area contributed by atoms with Crippen LogP contribution in [0.4, 0.5) is 0 Å². The van der Waals surface area contributed by atoms with Crippen molar-refractivity contribution in [2.45, 2.75) is 31.6 Å². The molecule has 0 amide bonds. The number of pyridine rings is 1. The van der Waals surface area contributed by atoms with E-state index in [0.29, 0.717) is 0 Å². The van der Waals surface area contributed by atoms with Crippen LogP contribution in [0, 0.1) is 6.92 Å². The minimum atomic E-state index is -3.77. The number of sulfone groups is 1. The molecule has 1 rings (SSSR count). The van der Waals surface area contributed by atoms with Gasteiger partial charge in [0.1, 0.15) is 0 Å². The van der Waals surface area contributed by atoms with E-state index in [1.54, 1.807) is 13.0 Å². The molecule has 0 aromatic carbocycles. The maximum absolute atomic E-state index is 11.6. The van der Waals surface area contributed by atoms with Crippen molar-refractivity contribution in [1.29, 1.82) is 0 Å². The van der Waals surface area contributed by atoms with Crippen molar-refractivity contribution in [2.24, 2.45) is 0 Å². The van der Waals surface area contributed by atoms with Crippen LogP contribution in [-0.2, 0) is 21.2 Å². The number of hydrogen-bond acceptors (Lipinski definition) is 4. The lowest BCUT2D eigenvalue weighted by Gasteiger charge is -2.22. The van der Waals surface area contributed by atoms with Gasteiger partial charge in [0.2, 0.25) is 0 Å². The van der Waals surface area contributed by atoms with Crippen molar-refractivity contribution in [1.82, 2.24) is 4.57 Å². The Balaban J connectivity index is 3.02. The van der Waals surface area contributed by atoms with E-state index >= 15 is 0 Å². The van der Waals surface area contributed by atoms with E-state index in [0.717, 1.165) is 18.7 Å². The molecule has 0 aliphatic carbocycles. The van der Waals surface area contributed by atoms with Gasteiger partial charge in [-0.15, -0.1) is 0 Å². The third-order valence-corrected chi connectivity index (χ3v) is 5.27. The van der Waals surface area contributed by atoms with E-state index in [9.17, 15) is 18.0 Å². The van der Waals surface area contributed by atoms with Crippen LogP contribution in [0.2, 0.25) is 0 Å². The first-order chi connectivity index (χ1) is 8.58. The monoisotopic (exact) mass is 287 g/mol. The molecular weight excluding hydrogens is 270 g/mol. The second kappa shape index (κ2) is 5.16. The maximum atomic E-state index is 11.6. The summed E-state index contributed by atoms with van der Waals surface area (Å²) in [5.41, 5.74) is 0.520. The molecule has 0 saturated carbocycles. The highest BCUT2D eigenvalue weighted by Gasteiger charge is 2.43. The van der Waals surface area contributed by atoms with Gasteiger partial charge in [0, 0.05) is 25.1 Å². The zero-order valence-electron chi connectivity index (χ0n) is 11.1. The smallest absolute Gasteiger partial charge is 0.324 e. The highest BCUT2D eigenvalue weighted by molar-refractivity contribution is 7.92. The molecule has 0 radical (unpaired) electrons. The molecule has 6 nitrogen and oxygen atoms in total. The Morgan fingerprint density at radius 3 is 2.47 bits per heavy atom. The molecule has 7 heteroatoms. The van der Waals surface area contributed by atoms with Crippen LogP contribution in [0.5, 0.6) is 0 Å². The number of carboxylic acids is 1. The van der Waals surface area contributed by atoms with Gasteiger partial charge in [0.25, 0.3) is 5.56 Å². The van der Waals surface area contributed by atoms with Gasteiger partial charge in [-0.05, 0) is 31.9 Å². The fourth-order valence-corrected chi connectivity index (χ4v) is 2.36. The van der Waals surface area contributed by atoms with Crippen LogP contribution in [0.15, 0.2) is 23.1 Å². The van der Waals surface area contributed by atoms with Crippen LogP contribution in [0.1, 0.15) is 18.9 Å². The zero-order valence-corrected chi connectivity index (χ0v) is 11.9. The predicted octanol–water partition coefficient (Wildman–Crippen LogP) is 0.435. The Morgan fingerprint density at radius 1 is 1.47 bits per heavy atom. The Bertz CT molecular complexity index is 646. The fourth-order valence-electron chi connectivity index (χ4n) is 1.58. The third kappa shape index (κ3) is 3.23. The summed E-state index contributed by atoms with van der Waals surface area (Å²) in [6, 6.07) is 3.12. The zero-order chi connectivity index (χ0) is 14.8. The average Bonchev–Trinajstić information content (AvgIpc) is 2.25. The number of hydrogen-bond donors (Lipinski definition) is 1. The molecule has 0 fully saturated rings. The molecule has 1 aromatic rings. The van der Waals surface area contributed by atoms with Crippen molar-refractivity contribution in [3.63, 3.8) is 0 Å². The lowest BCUT2D eigenvalue weighted by atomic mass is 10.1. The second-order valence-corrected chi connectivity index (χ2v) is 7.24. The number of aliphatic carboxylic acids is 1. The minimum absolute atomic E-state index is 0.0367. The molecule has 19 heavy (non-hydrogen) atoms. The summed E-state index contributed by atoms with van der Waals surface area (Å²) in [4.78, 5) is 22.8. The fraction of sp³-hybridized carbons (Fsp3) is 0.500. The minimum Gasteiger partial charge on any atom is -0.480 e. The summed E-state index contributed by atoms with van der Waals surface area (Å²) in [5.74, 6) is -1.41. The van der Waals surface area contributed by atoms with Crippen molar-refractivity contribution in [3.05, 3.63) is 34.2 Å². The molecule has 0 aliphatic heterocycles. The standard InChI is InChI=1S/C12H17NO5S/c1-9-4-6-13(10(14)8-9)7-5-12(2,11(15)16)19(3,17)18/h4,6,8H,5,7H2,1-3H3,(H,15,16)/t12-/m1/s1. The van der Waals surface area contributed by atoms with Crippen LogP contribution in [0.25, 0.3) is 0 Å². The summed E-state index contributed by atoms with van der Waals surface area (Å²) in [7, 11) is -3.77. The Labute approximate surface area is 111 Å². The summed E-state index contributed by atoms with van der Waals surface area (Å²) in [6.45, 7) is 2.96. The molecular formula is C12H17NO5S. The van der Waals surface area contributed by atoms with Crippen LogP contribution < -0.4 is 5.56 Å². The average molecular weight is 287 g/mol. The lowest BCUT2D eigenvalue weighted by Crippen LogP contribution is -2.44. The normalized spacial score (nSPS) is 14.9. The topological polar surface area (TPSA) is 93.4 Å². The van der Waals surface area contributed by atoms with Gasteiger partial charge in [0.05, 0.1) is 0 Å². The molecule has 1 heterocycles. The van der Waals surface area contributed by atoms with Gasteiger partial charge in [-0.3, -0.25) is 9.59 Å². The molecule has 1 N–H and O–H groups in total. The van der Waals surface area contributed by atoms with E-state index in [-0.39, 0.29) is 18.5 Å². The van der Waals surface area contributed by atoms with Crippen molar-refractivity contribution < 1.29 is 18.3 Å². The number of aromatic nitrogens is 1. The van der Waals surface area contributed by atoms with Gasteiger partial charge in [-0.25, -0.2) is 8.42 Å². The SMILES string of the molecule is Cc1ccn(CC[C@](C)(C(=O)O)S(C)(=O)=O)c(=O)c1. The third-order valence-electron chi connectivity index (χ3n) is 3.25. The highest BCUT2D eigenvalue weighted by Crippen LogP contribution is 2.21. The first-order valence-electron chi connectivity index (χ1n) is 5.68. The second-order valence-electron chi connectivity index (χ2n) is 4.79. The molecule has 1 atom stereocenters. The van der Waals surface area contributed by atoms with E-state index in [1.807, 2.05) is 0 Å². The quantitative estimate of drug-likeness (QED) is 0.848. The highest BCUT2D eigenvalue weighted by atomic mass is 32.2. The summed E-state index contributed by atoms with van der Waals surface area (Å²) < 4.78 is 22.6. The van der Waals surface area contributed by atoms with Gasteiger partial charge >= 0.3 is 5.97 Å². The summed E-state index contributed by atoms with van der Waals surface area (Å²) in [6.07, 6.45) is 2.26. The van der Waals surface area contributed by atoms with Crippen LogP contribution in [0.3, 0.4) is 0 Å². The molecule has 0 saturated heterocycles. The van der Waals surface area contributed by atoms with Gasteiger partial charge < -0.3 is 9.67 Å². The lowest BCUT2D eigenvalue weighted by molar-refractivity contribution is -0.139. The summed E-state index contributed by atoms with van der Waals surface area (Å²) >= 11 is 0. The van der Waals surface area contributed by atoms with E-state index in [1.165, 1.54) is 16.8 Å². The summed E-state index contributed by atoms with van der Waals surface area (Å²) in [5, 5.41) is 9.09. The Hall–Kier alpha value is -1.63. The predicted molar refractivity (Wildman–Crippen MR) is 70.9 cm³/mol. The van der Waals surface area contributed by atoms with E-state index in [4.69, 9.17) is 5.11 Å². The van der Waals surface area contributed by atoms with Gasteiger partial charge in [-0.1, -0.05) is 0 Å². The van der Waals surface area contributed by atoms with Crippen molar-refractivity contribution >= 4 is 15.8 Å². The molecule has 0 bridgehead atoms. The van der Waals surface area contributed by atoms with E-state index in [2.05, 4.69) is 0 Å². The number of carboxylic acid groups (broad SMARTS) is 1.